The zero-order valence-electron chi connectivity index (χ0n) is 11.2. The third-order valence-electron chi connectivity index (χ3n) is 3.16. The number of nitrogens with one attached hydrogen (secondary N) is 2. The lowest BCUT2D eigenvalue weighted by molar-refractivity contribution is -0.117. The molecule has 1 aliphatic heterocycles. The van der Waals surface area contributed by atoms with Crippen LogP contribution in [0.1, 0.15) is 18.5 Å². The first-order valence-corrected chi connectivity index (χ1v) is 6.38. The van der Waals surface area contributed by atoms with E-state index >= 15 is 0 Å². The Hall–Kier alpha value is -2.57. The summed E-state index contributed by atoms with van der Waals surface area (Å²) in [6.45, 7) is 2.92. The second kappa shape index (κ2) is 6.05. The molecule has 0 fully saturated rings. The SMILES string of the molecule is CCNC1C(=O)Nc2cc(N(CC#N)CC#N)ccc21. The summed E-state index contributed by atoms with van der Waals surface area (Å²) in [7, 11) is 0. The maximum atomic E-state index is 11.9. The van der Waals surface area contributed by atoms with Crippen molar-refractivity contribution < 1.29 is 4.79 Å². The van der Waals surface area contributed by atoms with Crippen LogP contribution in [0.2, 0.25) is 0 Å². The number of amides is 1. The monoisotopic (exact) mass is 269 g/mol. The third-order valence-corrected chi connectivity index (χ3v) is 3.16. The second-order valence-corrected chi connectivity index (χ2v) is 4.42. The molecule has 1 amide bonds. The maximum absolute atomic E-state index is 11.9. The highest BCUT2D eigenvalue weighted by Crippen LogP contribution is 2.33. The van der Waals surface area contributed by atoms with E-state index in [4.69, 9.17) is 10.5 Å². The van der Waals surface area contributed by atoms with Gasteiger partial charge < -0.3 is 15.5 Å². The number of anilines is 2. The van der Waals surface area contributed by atoms with E-state index < -0.39 is 0 Å². The van der Waals surface area contributed by atoms with Gasteiger partial charge >= 0.3 is 0 Å². The average molecular weight is 269 g/mol. The Morgan fingerprint density at radius 2 is 2.05 bits per heavy atom. The lowest BCUT2D eigenvalue weighted by Gasteiger charge is -2.19. The van der Waals surface area contributed by atoms with Crippen LogP contribution in [0.4, 0.5) is 11.4 Å². The molecule has 0 saturated carbocycles. The summed E-state index contributed by atoms with van der Waals surface area (Å²) in [5, 5.41) is 23.5. The van der Waals surface area contributed by atoms with Gasteiger partial charge in [0.25, 0.3) is 0 Å². The molecule has 6 heteroatoms. The molecule has 0 saturated heterocycles. The standard InChI is InChI=1S/C14H15N5O/c1-2-17-13-11-4-3-10(9-12(11)18-14(13)20)19(7-5-15)8-6-16/h3-4,9,13,17H,2,7-8H2,1H3,(H,18,20). The molecule has 1 aromatic rings. The van der Waals surface area contributed by atoms with Crippen LogP contribution >= 0.6 is 0 Å². The van der Waals surface area contributed by atoms with Gasteiger partial charge in [-0.05, 0) is 18.7 Å². The van der Waals surface area contributed by atoms with Gasteiger partial charge in [-0.25, -0.2) is 0 Å². The Labute approximate surface area is 117 Å². The van der Waals surface area contributed by atoms with Crippen LogP contribution in [-0.2, 0) is 4.79 Å². The van der Waals surface area contributed by atoms with Gasteiger partial charge in [0, 0.05) is 16.9 Å². The van der Waals surface area contributed by atoms with Crippen LogP contribution in [0.25, 0.3) is 0 Å². The van der Waals surface area contributed by atoms with Crippen LogP contribution in [0, 0.1) is 22.7 Å². The first-order chi connectivity index (χ1) is 9.71. The highest BCUT2D eigenvalue weighted by atomic mass is 16.2. The zero-order chi connectivity index (χ0) is 14.5. The quantitative estimate of drug-likeness (QED) is 0.782. The molecule has 6 nitrogen and oxygen atoms in total. The van der Waals surface area contributed by atoms with E-state index in [0.29, 0.717) is 6.54 Å². The summed E-state index contributed by atoms with van der Waals surface area (Å²) in [5.41, 5.74) is 2.39. The Morgan fingerprint density at radius 3 is 2.65 bits per heavy atom. The van der Waals surface area contributed by atoms with Gasteiger partial charge in [0.1, 0.15) is 19.1 Å². The minimum absolute atomic E-state index is 0.0777. The number of hydrogen-bond acceptors (Lipinski definition) is 5. The molecule has 1 aliphatic rings. The van der Waals surface area contributed by atoms with E-state index in [2.05, 4.69) is 10.6 Å². The van der Waals surface area contributed by atoms with Crippen molar-refractivity contribution in [3.05, 3.63) is 23.8 Å². The Bertz CT molecular complexity index is 583. The van der Waals surface area contributed by atoms with Crippen molar-refractivity contribution in [1.82, 2.24) is 5.32 Å². The van der Waals surface area contributed by atoms with E-state index in [9.17, 15) is 4.79 Å². The molecule has 0 aromatic heterocycles. The molecule has 1 aromatic carbocycles. The van der Waals surface area contributed by atoms with Gasteiger partial charge in [0.15, 0.2) is 0 Å². The van der Waals surface area contributed by atoms with E-state index in [1.165, 1.54) is 0 Å². The van der Waals surface area contributed by atoms with Crippen molar-refractivity contribution in [2.24, 2.45) is 0 Å². The minimum atomic E-state index is -0.329. The molecule has 0 aliphatic carbocycles. The van der Waals surface area contributed by atoms with Crippen LogP contribution in [0.3, 0.4) is 0 Å². The number of hydrogen-bond donors (Lipinski definition) is 2. The fraction of sp³-hybridized carbons (Fsp3) is 0.357. The zero-order valence-corrected chi connectivity index (χ0v) is 11.2. The Balaban J connectivity index is 2.30. The number of nitrogens with zero attached hydrogens (tertiary/aromatic N) is 3. The first-order valence-electron chi connectivity index (χ1n) is 6.38. The summed E-state index contributed by atoms with van der Waals surface area (Å²) in [5.74, 6) is -0.0777. The predicted molar refractivity (Wildman–Crippen MR) is 74.9 cm³/mol. The number of rotatable bonds is 5. The molecule has 2 N–H and O–H groups in total. The molecule has 1 heterocycles. The fourth-order valence-electron chi connectivity index (χ4n) is 2.26. The molecule has 1 unspecified atom stereocenters. The molecule has 20 heavy (non-hydrogen) atoms. The summed E-state index contributed by atoms with van der Waals surface area (Å²) in [4.78, 5) is 13.5. The molecule has 2 rings (SSSR count). The molecular weight excluding hydrogens is 254 g/mol. The average Bonchev–Trinajstić information content (AvgIpc) is 2.74. The van der Waals surface area contributed by atoms with Crippen molar-refractivity contribution >= 4 is 17.3 Å². The van der Waals surface area contributed by atoms with Crippen LogP contribution < -0.4 is 15.5 Å². The number of fused-ring (bicyclic) bond motifs is 1. The van der Waals surface area contributed by atoms with E-state index in [-0.39, 0.29) is 25.0 Å². The maximum Gasteiger partial charge on any atom is 0.246 e. The smallest absolute Gasteiger partial charge is 0.246 e. The van der Waals surface area contributed by atoms with Crippen molar-refractivity contribution in [1.29, 1.82) is 10.5 Å². The molecule has 1 atom stereocenters. The number of carbonyl (C=O) groups is 1. The van der Waals surface area contributed by atoms with Gasteiger partial charge in [0.2, 0.25) is 5.91 Å². The van der Waals surface area contributed by atoms with Crippen molar-refractivity contribution in [3.8, 4) is 12.1 Å². The lowest BCUT2D eigenvalue weighted by Crippen LogP contribution is -2.27. The summed E-state index contributed by atoms with van der Waals surface area (Å²) < 4.78 is 0. The van der Waals surface area contributed by atoms with E-state index in [1.54, 1.807) is 11.0 Å². The first kappa shape index (κ1) is 13.9. The van der Waals surface area contributed by atoms with Gasteiger partial charge in [-0.3, -0.25) is 4.79 Å². The van der Waals surface area contributed by atoms with Crippen LogP contribution in [0.15, 0.2) is 18.2 Å². The van der Waals surface area contributed by atoms with Gasteiger partial charge in [-0.1, -0.05) is 13.0 Å². The van der Waals surface area contributed by atoms with Crippen molar-refractivity contribution in [2.45, 2.75) is 13.0 Å². The highest BCUT2D eigenvalue weighted by molar-refractivity contribution is 6.03. The number of benzene rings is 1. The third kappa shape index (κ3) is 2.56. The Morgan fingerprint density at radius 1 is 1.35 bits per heavy atom. The normalized spacial score (nSPS) is 15.9. The fourth-order valence-corrected chi connectivity index (χ4v) is 2.26. The second-order valence-electron chi connectivity index (χ2n) is 4.42. The molecule has 102 valence electrons. The van der Waals surface area contributed by atoms with Gasteiger partial charge in [-0.2, -0.15) is 10.5 Å². The summed E-state index contributed by atoms with van der Waals surface area (Å²) in [6, 6.07) is 9.23. The molecule has 0 spiro atoms. The molecular formula is C14H15N5O. The number of likely N-dealkylation sites (N-methyl/N-ethyl adjacent to an activating group) is 1. The summed E-state index contributed by atoms with van der Waals surface area (Å²) in [6.07, 6.45) is 0. The van der Waals surface area contributed by atoms with Crippen LogP contribution in [-0.4, -0.2) is 25.5 Å². The van der Waals surface area contributed by atoms with Crippen molar-refractivity contribution in [2.75, 3.05) is 29.9 Å². The van der Waals surface area contributed by atoms with E-state index in [1.807, 2.05) is 31.2 Å². The van der Waals surface area contributed by atoms with Gasteiger partial charge in [-0.15, -0.1) is 0 Å². The molecule has 0 radical (unpaired) electrons. The highest BCUT2D eigenvalue weighted by Gasteiger charge is 2.30. The number of nitriles is 2. The minimum Gasteiger partial charge on any atom is -0.345 e. The Kier molecular flexibility index (Phi) is 4.19. The van der Waals surface area contributed by atoms with Crippen molar-refractivity contribution in [3.63, 3.8) is 0 Å². The predicted octanol–water partition coefficient (Wildman–Crippen LogP) is 1.14. The van der Waals surface area contributed by atoms with E-state index in [0.717, 1.165) is 16.9 Å². The molecule has 0 bridgehead atoms. The van der Waals surface area contributed by atoms with Gasteiger partial charge in [0.05, 0.1) is 12.1 Å². The largest absolute Gasteiger partial charge is 0.345 e. The summed E-state index contributed by atoms with van der Waals surface area (Å²) >= 11 is 0. The topological polar surface area (TPSA) is 91.9 Å². The van der Waals surface area contributed by atoms with Crippen LogP contribution in [0.5, 0.6) is 0 Å². The number of carbonyl (C=O) groups excluding carboxylic acids is 1. The lowest BCUT2D eigenvalue weighted by atomic mass is 10.1.